The van der Waals surface area contributed by atoms with E-state index in [1.54, 1.807) is 18.2 Å². The summed E-state index contributed by atoms with van der Waals surface area (Å²) in [4.78, 5) is 24.1. The molecule has 2 rings (SSSR count). The van der Waals surface area contributed by atoms with Crippen LogP contribution in [0.2, 0.25) is 0 Å². The largest absolute Gasteiger partial charge is 0.283 e. The monoisotopic (exact) mass is 235 g/mol. The van der Waals surface area contributed by atoms with Gasteiger partial charge in [-0.25, -0.2) is 4.39 Å². The second-order valence-electron chi connectivity index (χ2n) is 4.28. The van der Waals surface area contributed by atoms with E-state index in [0.29, 0.717) is 18.5 Å². The number of hydrogen-bond acceptors (Lipinski definition) is 2. The Morgan fingerprint density at radius 3 is 2.71 bits per heavy atom. The van der Waals surface area contributed by atoms with Crippen LogP contribution >= 0.6 is 0 Å². The van der Waals surface area contributed by atoms with Crippen LogP contribution in [0.5, 0.6) is 0 Å². The lowest BCUT2D eigenvalue weighted by Gasteiger charge is -2.29. The van der Waals surface area contributed by atoms with Crippen molar-refractivity contribution in [3.8, 4) is 0 Å². The highest BCUT2D eigenvalue weighted by atomic mass is 19.1. The summed E-state index contributed by atoms with van der Waals surface area (Å²) < 4.78 is 13.6. The molecule has 0 saturated carbocycles. The molecule has 2 amide bonds. The van der Waals surface area contributed by atoms with Crippen molar-refractivity contribution in [2.24, 2.45) is 0 Å². The summed E-state index contributed by atoms with van der Waals surface area (Å²) in [6.07, 6.45) is 0.840. The van der Waals surface area contributed by atoms with Crippen LogP contribution in [0.1, 0.15) is 31.2 Å². The Morgan fingerprint density at radius 1 is 1.41 bits per heavy atom. The van der Waals surface area contributed by atoms with E-state index in [1.165, 1.54) is 17.9 Å². The Bertz CT molecular complexity index is 458. The molecule has 90 valence electrons. The van der Waals surface area contributed by atoms with Crippen LogP contribution in [0, 0.1) is 5.82 Å². The number of likely N-dealkylation sites (tertiary alicyclic amines) is 1. The highest BCUT2D eigenvalue weighted by Crippen LogP contribution is 2.30. The van der Waals surface area contributed by atoms with Gasteiger partial charge in [-0.1, -0.05) is 18.2 Å². The van der Waals surface area contributed by atoms with Crippen molar-refractivity contribution in [2.75, 3.05) is 6.54 Å². The van der Waals surface area contributed by atoms with Gasteiger partial charge in [0, 0.05) is 19.9 Å². The van der Waals surface area contributed by atoms with Gasteiger partial charge >= 0.3 is 0 Å². The normalized spacial score (nSPS) is 20.5. The predicted molar refractivity (Wildman–Crippen MR) is 60.8 cm³/mol. The van der Waals surface area contributed by atoms with Crippen LogP contribution in [-0.4, -0.2) is 23.3 Å². The number of carbonyl (C=O) groups excluding carboxylic acids is 2. The molecule has 1 atom stereocenters. The van der Waals surface area contributed by atoms with Gasteiger partial charge in [0.1, 0.15) is 5.82 Å². The van der Waals surface area contributed by atoms with Gasteiger partial charge in [0.2, 0.25) is 11.8 Å². The third-order valence-corrected chi connectivity index (χ3v) is 3.15. The molecule has 0 N–H and O–H groups in total. The number of piperidine rings is 1. The lowest BCUT2D eigenvalue weighted by Crippen LogP contribution is -2.41. The molecule has 0 aromatic heterocycles. The van der Waals surface area contributed by atoms with Crippen molar-refractivity contribution in [2.45, 2.75) is 25.7 Å². The maximum absolute atomic E-state index is 13.6. The fourth-order valence-corrected chi connectivity index (χ4v) is 2.24. The third-order valence-electron chi connectivity index (χ3n) is 3.15. The SMILES string of the molecule is CC(=O)N1CCC(c2ccccc2F)CC1=O. The second kappa shape index (κ2) is 4.65. The maximum atomic E-state index is 13.6. The van der Waals surface area contributed by atoms with Gasteiger partial charge in [0.15, 0.2) is 0 Å². The highest BCUT2D eigenvalue weighted by Gasteiger charge is 2.30. The minimum atomic E-state index is -0.276. The van der Waals surface area contributed by atoms with Crippen LogP contribution < -0.4 is 0 Å². The minimum absolute atomic E-state index is 0.112. The van der Waals surface area contributed by atoms with Crippen molar-refractivity contribution in [1.82, 2.24) is 4.90 Å². The van der Waals surface area contributed by atoms with Gasteiger partial charge in [-0.05, 0) is 24.0 Å². The van der Waals surface area contributed by atoms with E-state index in [9.17, 15) is 14.0 Å². The van der Waals surface area contributed by atoms with Crippen LogP contribution in [0.15, 0.2) is 24.3 Å². The number of nitrogens with zero attached hydrogens (tertiary/aromatic N) is 1. The summed E-state index contributed by atoms with van der Waals surface area (Å²) in [5, 5.41) is 0. The molecule has 1 saturated heterocycles. The summed E-state index contributed by atoms with van der Waals surface area (Å²) in [5.41, 5.74) is 0.573. The lowest BCUT2D eigenvalue weighted by atomic mass is 9.88. The summed E-state index contributed by atoms with van der Waals surface area (Å²) in [6.45, 7) is 1.76. The maximum Gasteiger partial charge on any atom is 0.229 e. The lowest BCUT2D eigenvalue weighted by molar-refractivity contribution is -0.145. The standard InChI is InChI=1S/C13H14FNO2/c1-9(16)15-7-6-10(8-13(15)17)11-4-2-3-5-12(11)14/h2-5,10H,6-8H2,1H3. The molecule has 0 bridgehead atoms. The Hall–Kier alpha value is -1.71. The van der Waals surface area contributed by atoms with Gasteiger partial charge < -0.3 is 0 Å². The van der Waals surface area contributed by atoms with Gasteiger partial charge in [-0.15, -0.1) is 0 Å². The Labute approximate surface area is 99.2 Å². The fourth-order valence-electron chi connectivity index (χ4n) is 2.24. The van der Waals surface area contributed by atoms with Gasteiger partial charge in [0.25, 0.3) is 0 Å². The zero-order valence-electron chi connectivity index (χ0n) is 9.65. The molecule has 4 heteroatoms. The topological polar surface area (TPSA) is 37.4 Å². The second-order valence-corrected chi connectivity index (χ2v) is 4.28. The average Bonchev–Trinajstić information content (AvgIpc) is 2.29. The average molecular weight is 235 g/mol. The zero-order chi connectivity index (χ0) is 12.4. The van der Waals surface area contributed by atoms with Crippen LogP contribution in [0.3, 0.4) is 0 Å². The van der Waals surface area contributed by atoms with Crippen molar-refractivity contribution in [3.05, 3.63) is 35.6 Å². The number of halogens is 1. The number of rotatable bonds is 1. The molecule has 1 aliphatic heterocycles. The first-order valence-corrected chi connectivity index (χ1v) is 5.65. The predicted octanol–water partition coefficient (Wildman–Crippen LogP) is 2.08. The Morgan fingerprint density at radius 2 is 2.12 bits per heavy atom. The highest BCUT2D eigenvalue weighted by molar-refractivity contribution is 5.95. The van der Waals surface area contributed by atoms with Crippen molar-refractivity contribution >= 4 is 11.8 Å². The van der Waals surface area contributed by atoms with Crippen molar-refractivity contribution in [1.29, 1.82) is 0 Å². The third kappa shape index (κ3) is 2.35. The number of imide groups is 1. The zero-order valence-corrected chi connectivity index (χ0v) is 9.65. The first-order valence-electron chi connectivity index (χ1n) is 5.65. The van der Waals surface area contributed by atoms with Crippen LogP contribution in [0.4, 0.5) is 4.39 Å². The summed E-state index contributed by atoms with van der Waals surface area (Å²) in [6, 6.07) is 6.50. The van der Waals surface area contributed by atoms with E-state index in [4.69, 9.17) is 0 Å². The molecule has 0 aliphatic carbocycles. The van der Waals surface area contributed by atoms with E-state index in [0.717, 1.165) is 0 Å². The molecule has 17 heavy (non-hydrogen) atoms. The van der Waals surface area contributed by atoms with Gasteiger partial charge in [0.05, 0.1) is 0 Å². The molecule has 1 unspecified atom stereocenters. The molecule has 1 aromatic rings. The molecule has 0 radical (unpaired) electrons. The van der Waals surface area contributed by atoms with E-state index in [1.807, 2.05) is 0 Å². The molecule has 1 aromatic carbocycles. The van der Waals surface area contributed by atoms with E-state index < -0.39 is 0 Å². The minimum Gasteiger partial charge on any atom is -0.283 e. The summed E-state index contributed by atoms with van der Waals surface area (Å²) in [7, 11) is 0. The summed E-state index contributed by atoms with van der Waals surface area (Å²) >= 11 is 0. The van der Waals surface area contributed by atoms with Gasteiger partial charge in [-0.3, -0.25) is 14.5 Å². The fraction of sp³-hybridized carbons (Fsp3) is 0.385. The smallest absolute Gasteiger partial charge is 0.229 e. The molecule has 1 fully saturated rings. The van der Waals surface area contributed by atoms with E-state index in [-0.39, 0.29) is 30.0 Å². The van der Waals surface area contributed by atoms with Crippen LogP contribution in [-0.2, 0) is 9.59 Å². The number of benzene rings is 1. The Kier molecular flexibility index (Phi) is 3.22. The summed E-state index contributed by atoms with van der Waals surface area (Å²) in [5.74, 6) is -0.833. The molecule has 1 aliphatic rings. The quantitative estimate of drug-likeness (QED) is 0.747. The van der Waals surface area contributed by atoms with Crippen molar-refractivity contribution in [3.63, 3.8) is 0 Å². The van der Waals surface area contributed by atoms with E-state index in [2.05, 4.69) is 0 Å². The molecule has 3 nitrogen and oxygen atoms in total. The number of amides is 2. The van der Waals surface area contributed by atoms with Crippen LogP contribution in [0.25, 0.3) is 0 Å². The first kappa shape index (κ1) is 11.8. The Balaban J connectivity index is 2.15. The molecule has 1 heterocycles. The van der Waals surface area contributed by atoms with Crippen molar-refractivity contribution < 1.29 is 14.0 Å². The van der Waals surface area contributed by atoms with Gasteiger partial charge in [-0.2, -0.15) is 0 Å². The molecular weight excluding hydrogens is 221 g/mol. The van der Waals surface area contributed by atoms with E-state index >= 15 is 0 Å². The molecule has 0 spiro atoms. The molecular formula is C13H14FNO2. The number of carbonyl (C=O) groups is 2. The first-order chi connectivity index (χ1) is 8.09. The number of hydrogen-bond donors (Lipinski definition) is 0.